The van der Waals surface area contributed by atoms with Gasteiger partial charge >= 0.3 is 0 Å². The summed E-state index contributed by atoms with van der Waals surface area (Å²) in [5.41, 5.74) is 1.26. The first kappa shape index (κ1) is 16.1. The zero-order valence-corrected chi connectivity index (χ0v) is 14.1. The van der Waals surface area contributed by atoms with E-state index in [0.29, 0.717) is 4.90 Å². The lowest BCUT2D eigenvalue weighted by Crippen LogP contribution is -1.96. The maximum absolute atomic E-state index is 11.4. The first-order valence-electron chi connectivity index (χ1n) is 7.65. The zero-order valence-electron chi connectivity index (χ0n) is 13.2. The van der Waals surface area contributed by atoms with Gasteiger partial charge in [-0.2, -0.15) is 0 Å². The van der Waals surface area contributed by atoms with E-state index in [2.05, 4.69) is 0 Å². The van der Waals surface area contributed by atoms with Crippen LogP contribution >= 0.6 is 11.9 Å². The predicted molar refractivity (Wildman–Crippen MR) is 100 cm³/mol. The number of rotatable bonds is 4. The lowest BCUT2D eigenvalue weighted by Gasteiger charge is -2.07. The Labute approximate surface area is 151 Å². The summed E-state index contributed by atoms with van der Waals surface area (Å²) in [6.07, 6.45) is 0. The largest absolute Gasteiger partial charge is 0.291 e. The molecule has 26 heavy (non-hydrogen) atoms. The normalized spacial score (nSPS) is 11.1. The molecule has 0 saturated carbocycles. The summed E-state index contributed by atoms with van der Waals surface area (Å²) >= 11 is 1.18. The standard InChI is InChI=1S/C18H11N3O4S/c22-20(23)12-9-10-18(17(11-12)21(24)25)26-19-15-7-3-1-5-13(15)14-6-2-4-8-16(14)19/h1-11H. The molecule has 8 heteroatoms. The van der Waals surface area contributed by atoms with Crippen molar-refractivity contribution in [3.05, 3.63) is 87.0 Å². The van der Waals surface area contributed by atoms with Crippen LogP contribution in [0.4, 0.5) is 11.4 Å². The minimum atomic E-state index is -0.637. The molecule has 0 atom stereocenters. The lowest BCUT2D eigenvalue weighted by molar-refractivity contribution is -0.396. The van der Waals surface area contributed by atoms with Gasteiger partial charge in [-0.05, 0) is 30.1 Å². The second-order valence-electron chi connectivity index (χ2n) is 5.59. The summed E-state index contributed by atoms with van der Waals surface area (Å²) in [4.78, 5) is 21.4. The molecule has 4 aromatic rings. The van der Waals surface area contributed by atoms with Gasteiger partial charge in [0, 0.05) is 16.8 Å². The molecule has 4 rings (SSSR count). The number of nitro groups is 2. The van der Waals surface area contributed by atoms with Crippen LogP contribution in [0, 0.1) is 20.2 Å². The van der Waals surface area contributed by atoms with Crippen LogP contribution < -0.4 is 0 Å². The third kappa shape index (κ3) is 2.56. The molecule has 0 unspecified atom stereocenters. The number of fused-ring (bicyclic) bond motifs is 3. The Balaban J connectivity index is 1.92. The highest BCUT2D eigenvalue weighted by Gasteiger charge is 2.22. The van der Waals surface area contributed by atoms with Crippen molar-refractivity contribution in [3.63, 3.8) is 0 Å². The minimum absolute atomic E-state index is 0.286. The van der Waals surface area contributed by atoms with Crippen molar-refractivity contribution >= 4 is 45.1 Å². The van der Waals surface area contributed by atoms with Gasteiger partial charge in [-0.3, -0.25) is 24.2 Å². The van der Waals surface area contributed by atoms with E-state index in [9.17, 15) is 20.2 Å². The molecule has 128 valence electrons. The number of benzene rings is 3. The lowest BCUT2D eigenvalue weighted by atomic mass is 10.2. The smallest absolute Gasteiger partial charge is 0.279 e. The van der Waals surface area contributed by atoms with Crippen molar-refractivity contribution in [2.75, 3.05) is 0 Å². The van der Waals surface area contributed by atoms with E-state index in [1.807, 2.05) is 52.5 Å². The molecule has 0 aliphatic carbocycles. The van der Waals surface area contributed by atoms with Crippen LogP contribution in [0.5, 0.6) is 0 Å². The van der Waals surface area contributed by atoms with Gasteiger partial charge in [0.2, 0.25) is 0 Å². The van der Waals surface area contributed by atoms with Crippen molar-refractivity contribution in [1.29, 1.82) is 0 Å². The molecule has 0 fully saturated rings. The highest BCUT2D eigenvalue weighted by atomic mass is 32.2. The first-order chi connectivity index (χ1) is 12.6. The van der Waals surface area contributed by atoms with Gasteiger partial charge < -0.3 is 0 Å². The number of hydrogen-bond acceptors (Lipinski definition) is 5. The van der Waals surface area contributed by atoms with Gasteiger partial charge in [-0.1, -0.05) is 36.4 Å². The Bertz CT molecular complexity index is 1130. The van der Waals surface area contributed by atoms with Crippen molar-refractivity contribution in [3.8, 4) is 0 Å². The molecular formula is C18H11N3O4S. The zero-order chi connectivity index (χ0) is 18.3. The molecule has 0 aliphatic heterocycles. The van der Waals surface area contributed by atoms with Crippen molar-refractivity contribution in [2.45, 2.75) is 4.90 Å². The minimum Gasteiger partial charge on any atom is -0.279 e. The molecule has 0 aliphatic rings. The van der Waals surface area contributed by atoms with Crippen LogP contribution in [0.15, 0.2) is 71.6 Å². The Hall–Kier alpha value is -3.39. The van der Waals surface area contributed by atoms with Gasteiger partial charge in [-0.15, -0.1) is 0 Å². The van der Waals surface area contributed by atoms with Crippen molar-refractivity contribution in [1.82, 2.24) is 3.97 Å². The number of hydrogen-bond donors (Lipinski definition) is 0. The molecule has 0 spiro atoms. The summed E-state index contributed by atoms with van der Waals surface area (Å²) in [5.74, 6) is 0. The van der Waals surface area contributed by atoms with Gasteiger partial charge in [-0.25, -0.2) is 0 Å². The highest BCUT2D eigenvalue weighted by Crippen LogP contribution is 2.39. The molecule has 1 heterocycles. The van der Waals surface area contributed by atoms with E-state index in [1.54, 1.807) is 0 Å². The monoisotopic (exact) mass is 365 g/mol. The first-order valence-corrected chi connectivity index (χ1v) is 8.43. The molecule has 0 saturated heterocycles. The van der Waals surface area contributed by atoms with Crippen molar-refractivity contribution in [2.24, 2.45) is 0 Å². The second kappa shape index (κ2) is 6.16. The molecule has 0 radical (unpaired) electrons. The van der Waals surface area contributed by atoms with Gasteiger partial charge in [0.05, 0.1) is 26.9 Å². The molecule has 3 aromatic carbocycles. The SMILES string of the molecule is O=[N+]([O-])c1ccc(Sn2c3ccccc3c3ccccc32)c([N+](=O)[O-])c1. The van der Waals surface area contributed by atoms with E-state index >= 15 is 0 Å². The molecule has 0 amide bonds. The fraction of sp³-hybridized carbons (Fsp3) is 0. The average Bonchev–Trinajstić information content (AvgIpc) is 2.96. The van der Waals surface area contributed by atoms with Crippen LogP contribution in [0.2, 0.25) is 0 Å². The fourth-order valence-corrected chi connectivity index (χ4v) is 3.99. The van der Waals surface area contributed by atoms with Crippen LogP contribution in [0.3, 0.4) is 0 Å². The number of non-ortho nitro benzene ring substituents is 1. The Morgan fingerprint density at radius 1 is 0.769 bits per heavy atom. The maximum atomic E-state index is 11.4. The van der Waals surface area contributed by atoms with Crippen LogP contribution in [-0.2, 0) is 0 Å². The van der Waals surface area contributed by atoms with E-state index < -0.39 is 9.85 Å². The summed E-state index contributed by atoms with van der Waals surface area (Å²) in [6.45, 7) is 0. The summed E-state index contributed by atoms with van der Waals surface area (Å²) in [7, 11) is 0. The third-order valence-electron chi connectivity index (χ3n) is 4.08. The van der Waals surface area contributed by atoms with E-state index in [4.69, 9.17) is 0 Å². The van der Waals surface area contributed by atoms with E-state index in [1.165, 1.54) is 24.1 Å². The van der Waals surface area contributed by atoms with Crippen LogP contribution in [0.1, 0.15) is 0 Å². The number of para-hydroxylation sites is 2. The predicted octanol–water partition coefficient (Wildman–Crippen LogP) is 5.17. The summed E-state index contributed by atoms with van der Waals surface area (Å²) in [6, 6.07) is 19.3. The van der Waals surface area contributed by atoms with Gasteiger partial charge in [0.15, 0.2) is 0 Å². The molecular weight excluding hydrogens is 354 g/mol. The number of nitro benzene ring substituents is 2. The van der Waals surface area contributed by atoms with E-state index in [-0.39, 0.29) is 11.4 Å². The molecule has 0 N–H and O–H groups in total. The van der Waals surface area contributed by atoms with E-state index in [0.717, 1.165) is 27.9 Å². The second-order valence-corrected chi connectivity index (χ2v) is 6.57. The maximum Gasteiger partial charge on any atom is 0.291 e. The average molecular weight is 365 g/mol. The van der Waals surface area contributed by atoms with Crippen LogP contribution in [0.25, 0.3) is 21.8 Å². The van der Waals surface area contributed by atoms with Gasteiger partial charge in [0.1, 0.15) is 4.90 Å². The van der Waals surface area contributed by atoms with Gasteiger partial charge in [0.25, 0.3) is 11.4 Å². The molecule has 7 nitrogen and oxygen atoms in total. The Kier molecular flexibility index (Phi) is 3.81. The van der Waals surface area contributed by atoms with Crippen molar-refractivity contribution < 1.29 is 9.85 Å². The summed E-state index contributed by atoms with van der Waals surface area (Å²) < 4.78 is 1.92. The summed E-state index contributed by atoms with van der Waals surface area (Å²) in [5, 5.41) is 24.4. The number of aromatic nitrogens is 1. The third-order valence-corrected chi connectivity index (χ3v) is 5.19. The Morgan fingerprint density at radius 2 is 1.35 bits per heavy atom. The van der Waals surface area contributed by atoms with Crippen LogP contribution in [-0.4, -0.2) is 13.8 Å². The number of nitrogens with zero attached hydrogens (tertiary/aromatic N) is 3. The molecule has 1 aromatic heterocycles. The molecule has 0 bridgehead atoms. The topological polar surface area (TPSA) is 91.2 Å². The highest BCUT2D eigenvalue weighted by molar-refractivity contribution is 7.98. The fourth-order valence-electron chi connectivity index (χ4n) is 2.92. The quantitative estimate of drug-likeness (QED) is 0.368. The Morgan fingerprint density at radius 3 is 1.88 bits per heavy atom.